The molecule has 0 amide bonds. The molecule has 0 saturated heterocycles. The molecule has 1 N–H and O–H groups in total. The normalized spacial score (nSPS) is 10.9. The van der Waals surface area contributed by atoms with Gasteiger partial charge in [-0.15, -0.1) is 0 Å². The van der Waals surface area contributed by atoms with Crippen LogP contribution in [0, 0.1) is 12.7 Å². The molecule has 0 fully saturated rings. The minimum Gasteiger partial charge on any atom is -0.378 e. The molecular weight excluding hydrogens is 297 g/mol. The summed E-state index contributed by atoms with van der Waals surface area (Å²) in [5.41, 5.74) is 3.96. The molecule has 3 rings (SSSR count). The Bertz CT molecular complexity index is 772. The number of nitrogens with one attached hydrogen (secondary N) is 1. The number of aromatic nitrogens is 2. The van der Waals surface area contributed by atoms with Gasteiger partial charge in [0.2, 0.25) is 0 Å². The van der Waals surface area contributed by atoms with Gasteiger partial charge < -0.3 is 5.32 Å². The van der Waals surface area contributed by atoms with Gasteiger partial charge in [-0.05, 0) is 36.2 Å². The average molecular weight is 308 g/mol. The van der Waals surface area contributed by atoms with Gasteiger partial charge in [0.15, 0.2) is 0 Å². The molecule has 0 bridgehead atoms. The number of nitrogens with zero attached hydrogens (tertiary/aromatic N) is 2. The molecule has 0 atom stereocenters. The van der Waals surface area contributed by atoms with E-state index in [0.29, 0.717) is 17.1 Å². The third-order valence-electron chi connectivity index (χ3n) is 3.07. The minimum atomic E-state index is -0.197. The zero-order chi connectivity index (χ0) is 14.1. The maximum Gasteiger partial charge on any atom is 0.129 e. The lowest BCUT2D eigenvalue weighted by atomic mass is 10.1. The molecule has 102 valence electrons. The van der Waals surface area contributed by atoms with Crippen molar-refractivity contribution in [1.29, 1.82) is 0 Å². The topological polar surface area (TPSA) is 37.8 Å². The number of fused-ring (bicyclic) bond motifs is 1. The highest BCUT2D eigenvalue weighted by Gasteiger charge is 2.09. The van der Waals surface area contributed by atoms with Crippen molar-refractivity contribution in [3.8, 4) is 0 Å². The summed E-state index contributed by atoms with van der Waals surface area (Å²) in [6.07, 6.45) is 0. The quantitative estimate of drug-likeness (QED) is 0.779. The molecule has 2 aromatic carbocycles. The standard InChI is InChI=1S/C14H11ClFN3S/c1-8-6-9(2-4-11(8)16)7-17-13-10(15)3-5-12-14(13)19-20-18-12/h2-6,17H,7H2,1H3. The van der Waals surface area contributed by atoms with Crippen molar-refractivity contribution in [2.24, 2.45) is 0 Å². The fraction of sp³-hybridized carbons (Fsp3) is 0.143. The molecule has 0 aliphatic heterocycles. The maximum absolute atomic E-state index is 13.2. The summed E-state index contributed by atoms with van der Waals surface area (Å²) in [7, 11) is 0. The van der Waals surface area contributed by atoms with E-state index in [1.165, 1.54) is 6.07 Å². The molecule has 0 spiro atoms. The van der Waals surface area contributed by atoms with E-state index in [1.807, 2.05) is 12.1 Å². The number of hydrogen-bond donors (Lipinski definition) is 1. The summed E-state index contributed by atoms with van der Waals surface area (Å²) in [6, 6.07) is 8.68. The molecule has 0 aliphatic carbocycles. The lowest BCUT2D eigenvalue weighted by Crippen LogP contribution is -2.01. The maximum atomic E-state index is 13.2. The van der Waals surface area contributed by atoms with Crippen molar-refractivity contribution >= 4 is 40.0 Å². The average Bonchev–Trinajstić information content (AvgIpc) is 2.90. The Morgan fingerprint density at radius 2 is 2.10 bits per heavy atom. The molecule has 0 aliphatic rings. The van der Waals surface area contributed by atoms with Gasteiger partial charge in [0, 0.05) is 6.54 Å². The first-order chi connectivity index (χ1) is 9.65. The first kappa shape index (κ1) is 13.3. The van der Waals surface area contributed by atoms with E-state index in [0.717, 1.165) is 34.0 Å². The van der Waals surface area contributed by atoms with Gasteiger partial charge in [0.1, 0.15) is 16.9 Å². The molecule has 20 heavy (non-hydrogen) atoms. The van der Waals surface area contributed by atoms with Crippen LogP contribution in [-0.4, -0.2) is 8.75 Å². The van der Waals surface area contributed by atoms with E-state index in [4.69, 9.17) is 11.6 Å². The van der Waals surface area contributed by atoms with Gasteiger partial charge >= 0.3 is 0 Å². The van der Waals surface area contributed by atoms with Crippen molar-refractivity contribution in [2.75, 3.05) is 5.32 Å². The molecule has 1 heterocycles. The predicted molar refractivity (Wildman–Crippen MR) is 80.9 cm³/mol. The van der Waals surface area contributed by atoms with Crippen LogP contribution < -0.4 is 5.32 Å². The zero-order valence-corrected chi connectivity index (χ0v) is 12.2. The zero-order valence-electron chi connectivity index (χ0n) is 10.7. The summed E-state index contributed by atoms with van der Waals surface area (Å²) >= 11 is 7.35. The highest BCUT2D eigenvalue weighted by atomic mass is 35.5. The fourth-order valence-corrected chi connectivity index (χ4v) is 2.76. The number of halogens is 2. The predicted octanol–water partition coefficient (Wildman–Crippen LogP) is 4.40. The second kappa shape index (κ2) is 5.34. The number of hydrogen-bond acceptors (Lipinski definition) is 4. The van der Waals surface area contributed by atoms with Crippen molar-refractivity contribution in [3.63, 3.8) is 0 Å². The van der Waals surface area contributed by atoms with Crippen molar-refractivity contribution in [2.45, 2.75) is 13.5 Å². The van der Waals surface area contributed by atoms with Crippen LogP contribution in [0.5, 0.6) is 0 Å². The van der Waals surface area contributed by atoms with Crippen molar-refractivity contribution < 1.29 is 4.39 Å². The number of anilines is 1. The molecule has 3 aromatic rings. The highest BCUT2D eigenvalue weighted by molar-refractivity contribution is 7.00. The van der Waals surface area contributed by atoms with E-state index in [9.17, 15) is 4.39 Å². The van der Waals surface area contributed by atoms with Crippen LogP contribution in [0.25, 0.3) is 11.0 Å². The molecule has 3 nitrogen and oxygen atoms in total. The first-order valence-corrected chi connectivity index (χ1v) is 7.15. The van der Waals surface area contributed by atoms with Crippen LogP contribution >= 0.6 is 23.3 Å². The monoisotopic (exact) mass is 307 g/mol. The van der Waals surface area contributed by atoms with Crippen LogP contribution in [0.4, 0.5) is 10.1 Å². The Morgan fingerprint density at radius 1 is 1.25 bits per heavy atom. The van der Waals surface area contributed by atoms with Crippen molar-refractivity contribution in [3.05, 3.63) is 52.3 Å². The van der Waals surface area contributed by atoms with Gasteiger partial charge in [-0.1, -0.05) is 23.7 Å². The number of rotatable bonds is 3. The van der Waals surface area contributed by atoms with Crippen LogP contribution in [0.3, 0.4) is 0 Å². The van der Waals surface area contributed by atoms with E-state index in [-0.39, 0.29) is 5.82 Å². The minimum absolute atomic E-state index is 0.197. The Morgan fingerprint density at radius 3 is 2.90 bits per heavy atom. The van der Waals surface area contributed by atoms with Crippen LogP contribution in [0.2, 0.25) is 5.02 Å². The summed E-state index contributed by atoms with van der Waals surface area (Å²) in [5.74, 6) is -0.197. The second-order valence-corrected chi connectivity index (χ2v) is 5.43. The largest absolute Gasteiger partial charge is 0.378 e. The van der Waals surface area contributed by atoms with E-state index in [2.05, 4.69) is 14.1 Å². The van der Waals surface area contributed by atoms with Crippen LogP contribution in [-0.2, 0) is 6.54 Å². The lowest BCUT2D eigenvalue weighted by Gasteiger charge is -2.09. The first-order valence-electron chi connectivity index (χ1n) is 6.05. The van der Waals surface area contributed by atoms with Crippen molar-refractivity contribution in [1.82, 2.24) is 8.75 Å². The Kier molecular flexibility index (Phi) is 3.54. The molecule has 0 radical (unpaired) electrons. The van der Waals surface area contributed by atoms with Gasteiger partial charge in [-0.25, -0.2) is 4.39 Å². The second-order valence-electron chi connectivity index (χ2n) is 4.49. The van der Waals surface area contributed by atoms with Crippen LogP contribution in [0.1, 0.15) is 11.1 Å². The van der Waals surface area contributed by atoms with Crippen LogP contribution in [0.15, 0.2) is 30.3 Å². The van der Waals surface area contributed by atoms with Gasteiger partial charge in [-0.2, -0.15) is 8.75 Å². The Balaban J connectivity index is 1.88. The smallest absolute Gasteiger partial charge is 0.129 e. The van der Waals surface area contributed by atoms with E-state index in [1.54, 1.807) is 19.1 Å². The number of aryl methyl sites for hydroxylation is 1. The summed E-state index contributed by atoms with van der Waals surface area (Å²) < 4.78 is 21.7. The van der Waals surface area contributed by atoms with E-state index >= 15 is 0 Å². The molecule has 0 unspecified atom stereocenters. The summed E-state index contributed by atoms with van der Waals surface area (Å²) in [4.78, 5) is 0. The van der Waals surface area contributed by atoms with Gasteiger partial charge in [0.25, 0.3) is 0 Å². The molecule has 1 aromatic heterocycles. The van der Waals surface area contributed by atoms with Gasteiger partial charge in [0.05, 0.1) is 22.4 Å². The summed E-state index contributed by atoms with van der Waals surface area (Å²) in [5, 5.41) is 3.86. The molecule has 6 heteroatoms. The summed E-state index contributed by atoms with van der Waals surface area (Å²) in [6.45, 7) is 2.30. The SMILES string of the molecule is Cc1cc(CNc2c(Cl)ccc3nsnc23)ccc1F. The van der Waals surface area contributed by atoms with E-state index < -0.39 is 0 Å². The molecule has 0 saturated carbocycles. The third-order valence-corrected chi connectivity index (χ3v) is 3.93. The Labute approximate surface area is 124 Å². The highest BCUT2D eigenvalue weighted by Crippen LogP contribution is 2.30. The lowest BCUT2D eigenvalue weighted by molar-refractivity contribution is 0.617. The van der Waals surface area contributed by atoms with Gasteiger partial charge in [-0.3, -0.25) is 0 Å². The fourth-order valence-electron chi connectivity index (χ4n) is 2.00. The number of benzene rings is 2. The third kappa shape index (κ3) is 2.46. The molecular formula is C14H11ClFN3S. The Hall–Kier alpha value is -1.72.